The summed E-state index contributed by atoms with van der Waals surface area (Å²) in [6, 6.07) is 3.83. The summed E-state index contributed by atoms with van der Waals surface area (Å²) < 4.78 is 13.3. The van der Waals surface area contributed by atoms with Gasteiger partial charge in [-0.15, -0.1) is 0 Å². The molecule has 21 heavy (non-hydrogen) atoms. The lowest BCUT2D eigenvalue weighted by molar-refractivity contribution is -0.138. The zero-order valence-electron chi connectivity index (χ0n) is 11.5. The van der Waals surface area contributed by atoms with Crippen LogP contribution >= 0.6 is 11.6 Å². The molecule has 0 saturated carbocycles. The Morgan fingerprint density at radius 2 is 2.00 bits per heavy atom. The van der Waals surface area contributed by atoms with Crippen molar-refractivity contribution in [2.45, 2.75) is 31.7 Å². The maximum atomic E-state index is 13.3. The van der Waals surface area contributed by atoms with Crippen molar-refractivity contribution in [1.82, 2.24) is 4.90 Å². The molecule has 0 bridgehead atoms. The molecule has 2 amide bonds. The number of anilines is 1. The van der Waals surface area contributed by atoms with Crippen LogP contribution in [-0.4, -0.2) is 35.8 Å². The van der Waals surface area contributed by atoms with Crippen molar-refractivity contribution in [3.05, 3.63) is 29.0 Å². The second kappa shape index (κ2) is 5.64. The third-order valence-electron chi connectivity index (χ3n) is 4.14. The first-order valence-corrected chi connectivity index (χ1v) is 7.51. The van der Waals surface area contributed by atoms with Gasteiger partial charge in [-0.3, -0.25) is 9.59 Å². The van der Waals surface area contributed by atoms with E-state index in [-0.39, 0.29) is 23.3 Å². The number of piperidine rings is 1. The van der Waals surface area contributed by atoms with Gasteiger partial charge in [0.15, 0.2) is 0 Å². The largest absolute Gasteiger partial charge is 0.331 e. The Labute approximate surface area is 127 Å². The highest BCUT2D eigenvalue weighted by atomic mass is 35.5. The summed E-state index contributed by atoms with van der Waals surface area (Å²) in [7, 11) is 0. The molecule has 1 aromatic carbocycles. The number of hydrogen-bond donors (Lipinski definition) is 0. The Hall–Kier alpha value is -1.62. The van der Waals surface area contributed by atoms with Gasteiger partial charge in [0.1, 0.15) is 11.9 Å². The number of amides is 2. The van der Waals surface area contributed by atoms with E-state index in [0.29, 0.717) is 25.2 Å². The van der Waals surface area contributed by atoms with Gasteiger partial charge in [0.25, 0.3) is 0 Å². The van der Waals surface area contributed by atoms with Crippen LogP contribution in [0.3, 0.4) is 0 Å². The van der Waals surface area contributed by atoms with Crippen molar-refractivity contribution >= 4 is 29.1 Å². The highest BCUT2D eigenvalue weighted by Gasteiger charge is 2.38. The fourth-order valence-corrected chi connectivity index (χ4v) is 3.21. The van der Waals surface area contributed by atoms with Gasteiger partial charge in [-0.1, -0.05) is 11.6 Å². The van der Waals surface area contributed by atoms with Gasteiger partial charge in [-0.2, -0.15) is 0 Å². The van der Waals surface area contributed by atoms with E-state index in [9.17, 15) is 14.0 Å². The van der Waals surface area contributed by atoms with Crippen molar-refractivity contribution in [3.63, 3.8) is 0 Å². The lowest BCUT2D eigenvalue weighted by Crippen LogP contribution is -2.49. The Balaban J connectivity index is 1.93. The Morgan fingerprint density at radius 3 is 2.76 bits per heavy atom. The molecule has 2 heterocycles. The van der Waals surface area contributed by atoms with E-state index in [4.69, 9.17) is 11.6 Å². The van der Waals surface area contributed by atoms with Crippen LogP contribution in [0.1, 0.15) is 25.7 Å². The second-order valence-electron chi connectivity index (χ2n) is 5.44. The highest BCUT2D eigenvalue weighted by Crippen LogP contribution is 2.28. The summed E-state index contributed by atoms with van der Waals surface area (Å²) in [6.45, 7) is 0.958. The Bertz CT molecular complexity index is 593. The zero-order valence-corrected chi connectivity index (χ0v) is 12.3. The van der Waals surface area contributed by atoms with Gasteiger partial charge in [-0.25, -0.2) is 4.39 Å². The third-order valence-corrected chi connectivity index (χ3v) is 4.43. The average Bonchev–Trinajstić information content (AvgIpc) is 2.61. The van der Waals surface area contributed by atoms with E-state index in [1.165, 1.54) is 18.2 Å². The number of carbonyl (C=O) groups excluding carboxylic acids is 2. The van der Waals surface area contributed by atoms with Crippen LogP contribution in [-0.2, 0) is 9.59 Å². The quantitative estimate of drug-likeness (QED) is 0.800. The normalized spacial score (nSPS) is 23.0. The smallest absolute Gasteiger partial charge is 0.249 e. The SMILES string of the molecule is O=C1C2CCCCN2C(=O)CCN1c1ccc(F)c(Cl)c1. The molecule has 2 fully saturated rings. The van der Waals surface area contributed by atoms with Gasteiger partial charge in [-0.05, 0) is 37.5 Å². The number of hydrogen-bond acceptors (Lipinski definition) is 2. The number of carbonyl (C=O) groups is 2. The first-order valence-electron chi connectivity index (χ1n) is 7.14. The molecule has 0 aromatic heterocycles. The number of rotatable bonds is 1. The standard InChI is InChI=1S/C15H16ClFN2O2/c16-11-9-10(4-5-12(11)17)18-8-6-14(20)19-7-2-1-3-13(19)15(18)21/h4-5,9,13H,1-3,6-8H2. The van der Waals surface area contributed by atoms with E-state index < -0.39 is 11.9 Å². The summed E-state index contributed by atoms with van der Waals surface area (Å²) >= 11 is 5.80. The lowest BCUT2D eigenvalue weighted by atomic mass is 10.0. The van der Waals surface area contributed by atoms with E-state index in [2.05, 4.69) is 0 Å². The summed E-state index contributed by atoms with van der Waals surface area (Å²) in [6.07, 6.45) is 2.86. The van der Waals surface area contributed by atoms with Crippen LogP contribution in [0.25, 0.3) is 0 Å². The van der Waals surface area contributed by atoms with Crippen molar-refractivity contribution in [2.24, 2.45) is 0 Å². The third kappa shape index (κ3) is 2.62. The monoisotopic (exact) mass is 310 g/mol. The molecule has 2 aliphatic rings. The van der Waals surface area contributed by atoms with Gasteiger partial charge >= 0.3 is 0 Å². The zero-order chi connectivity index (χ0) is 15.0. The molecule has 1 aromatic rings. The van der Waals surface area contributed by atoms with Gasteiger partial charge in [0.2, 0.25) is 11.8 Å². The summed E-state index contributed by atoms with van der Waals surface area (Å²) in [5.74, 6) is -0.593. The minimum absolute atomic E-state index is 0.0172. The molecule has 4 nitrogen and oxygen atoms in total. The minimum Gasteiger partial charge on any atom is -0.331 e. The van der Waals surface area contributed by atoms with Crippen LogP contribution in [0, 0.1) is 5.82 Å². The number of nitrogens with zero attached hydrogens (tertiary/aromatic N) is 2. The maximum Gasteiger partial charge on any atom is 0.249 e. The van der Waals surface area contributed by atoms with E-state index >= 15 is 0 Å². The summed E-state index contributed by atoms with van der Waals surface area (Å²) in [4.78, 5) is 28.1. The van der Waals surface area contributed by atoms with Crippen LogP contribution < -0.4 is 4.90 Å². The predicted octanol–water partition coefficient (Wildman–Crippen LogP) is 2.60. The van der Waals surface area contributed by atoms with E-state index in [1.54, 1.807) is 9.80 Å². The molecular formula is C15H16ClFN2O2. The molecule has 2 saturated heterocycles. The fraction of sp³-hybridized carbons (Fsp3) is 0.467. The molecule has 0 aliphatic carbocycles. The van der Waals surface area contributed by atoms with Crippen LogP contribution in [0.4, 0.5) is 10.1 Å². The first-order chi connectivity index (χ1) is 10.1. The molecule has 1 atom stereocenters. The second-order valence-corrected chi connectivity index (χ2v) is 5.84. The molecule has 112 valence electrons. The highest BCUT2D eigenvalue weighted by molar-refractivity contribution is 6.31. The number of fused-ring (bicyclic) bond motifs is 1. The van der Waals surface area contributed by atoms with Crippen molar-refractivity contribution in [1.29, 1.82) is 0 Å². The Morgan fingerprint density at radius 1 is 1.19 bits per heavy atom. The first kappa shape index (κ1) is 14.3. The summed E-state index contributed by atoms with van der Waals surface area (Å²) in [5.41, 5.74) is 0.548. The van der Waals surface area contributed by atoms with Gasteiger partial charge in [0.05, 0.1) is 5.02 Å². The predicted molar refractivity (Wildman–Crippen MR) is 77.7 cm³/mol. The van der Waals surface area contributed by atoms with E-state index in [0.717, 1.165) is 12.8 Å². The van der Waals surface area contributed by atoms with Gasteiger partial charge in [0, 0.05) is 25.2 Å². The van der Waals surface area contributed by atoms with Crippen molar-refractivity contribution in [2.75, 3.05) is 18.0 Å². The molecule has 6 heteroatoms. The molecule has 2 aliphatic heterocycles. The molecule has 3 rings (SSSR count). The van der Waals surface area contributed by atoms with Crippen LogP contribution in [0.15, 0.2) is 18.2 Å². The Kier molecular flexibility index (Phi) is 3.85. The molecule has 0 radical (unpaired) electrons. The molecule has 0 N–H and O–H groups in total. The number of benzene rings is 1. The topological polar surface area (TPSA) is 40.6 Å². The van der Waals surface area contributed by atoms with Gasteiger partial charge < -0.3 is 9.80 Å². The lowest BCUT2D eigenvalue weighted by Gasteiger charge is -2.34. The number of halogens is 2. The van der Waals surface area contributed by atoms with Crippen molar-refractivity contribution in [3.8, 4) is 0 Å². The molecule has 0 spiro atoms. The van der Waals surface area contributed by atoms with Crippen LogP contribution in [0.2, 0.25) is 5.02 Å². The van der Waals surface area contributed by atoms with E-state index in [1.807, 2.05) is 0 Å². The van der Waals surface area contributed by atoms with Crippen molar-refractivity contribution < 1.29 is 14.0 Å². The summed E-state index contributed by atoms with van der Waals surface area (Å²) in [5, 5.41) is -0.0172. The fourth-order valence-electron chi connectivity index (χ4n) is 3.04. The average molecular weight is 311 g/mol. The van der Waals surface area contributed by atoms with Crippen LogP contribution in [0.5, 0.6) is 0 Å². The molecule has 1 unspecified atom stereocenters. The maximum absolute atomic E-state index is 13.3. The minimum atomic E-state index is -0.516. The molecular weight excluding hydrogens is 295 g/mol.